The topological polar surface area (TPSA) is 119 Å². The Morgan fingerprint density at radius 3 is 2.50 bits per heavy atom. The molecule has 2 aromatic carbocycles. The first-order chi connectivity index (χ1) is 15.9. The van der Waals surface area contributed by atoms with Crippen LogP contribution in [-0.4, -0.2) is 37.1 Å². The molecule has 1 N–H and O–H groups in total. The maximum Gasteiger partial charge on any atom is 0.271 e. The van der Waals surface area contributed by atoms with E-state index < -0.39 is 32.5 Å². The fourth-order valence-electron chi connectivity index (χ4n) is 4.45. The van der Waals surface area contributed by atoms with Crippen molar-refractivity contribution in [1.29, 1.82) is 0 Å². The first-order valence-corrected chi connectivity index (χ1v) is 13.1. The number of non-ortho nitro benzene ring substituents is 1. The van der Waals surface area contributed by atoms with E-state index in [0.717, 1.165) is 29.0 Å². The van der Waals surface area contributed by atoms with E-state index in [2.05, 4.69) is 5.32 Å². The molecule has 1 aliphatic heterocycles. The first-order valence-electron chi connectivity index (χ1n) is 11.2. The Hall–Kier alpha value is -3.14. The molecule has 2 atom stereocenters. The van der Waals surface area contributed by atoms with Gasteiger partial charge in [0.15, 0.2) is 0 Å². The van der Waals surface area contributed by atoms with Crippen LogP contribution in [0.4, 0.5) is 11.4 Å². The van der Waals surface area contributed by atoms with Gasteiger partial charge in [0.25, 0.3) is 5.69 Å². The van der Waals surface area contributed by atoms with Crippen molar-refractivity contribution in [3.05, 3.63) is 63.7 Å². The van der Waals surface area contributed by atoms with Crippen LogP contribution in [0.2, 0.25) is 0 Å². The van der Waals surface area contributed by atoms with Crippen molar-refractivity contribution in [3.8, 4) is 5.75 Å². The standard InChI is InChI=1S/C24H31N3O6S/c1-6-24(7-2)15-20(19-10-8-9-11-22(19)33-24)25-23(28)17(4)26(34(5,31)32)21-14-18(27(29)30)13-12-16(21)3/h8-14,17,20H,6-7,15H2,1-5H3,(H,25,28)/t17-,20-/m1/s1. The molecule has 184 valence electrons. The number of fused-ring (bicyclic) bond motifs is 1. The number of sulfonamides is 1. The number of benzene rings is 2. The molecule has 0 aliphatic carbocycles. The Morgan fingerprint density at radius 2 is 1.91 bits per heavy atom. The van der Waals surface area contributed by atoms with Crippen molar-refractivity contribution in [2.75, 3.05) is 10.6 Å². The third kappa shape index (κ3) is 5.01. The third-order valence-corrected chi connectivity index (χ3v) is 7.76. The van der Waals surface area contributed by atoms with Gasteiger partial charge in [-0.15, -0.1) is 0 Å². The molecule has 0 spiro atoms. The summed E-state index contributed by atoms with van der Waals surface area (Å²) in [6.45, 7) is 7.20. The summed E-state index contributed by atoms with van der Waals surface area (Å²) >= 11 is 0. The number of nitrogens with one attached hydrogen (secondary N) is 1. The largest absolute Gasteiger partial charge is 0.487 e. The number of nitro benzene ring substituents is 1. The van der Waals surface area contributed by atoms with Crippen LogP contribution in [0.25, 0.3) is 0 Å². The summed E-state index contributed by atoms with van der Waals surface area (Å²) in [4.78, 5) is 24.1. The Bertz CT molecular complexity index is 1190. The smallest absolute Gasteiger partial charge is 0.271 e. The summed E-state index contributed by atoms with van der Waals surface area (Å²) in [7, 11) is -3.94. The molecule has 1 heterocycles. The lowest BCUT2D eigenvalue weighted by molar-refractivity contribution is -0.384. The zero-order valence-corrected chi connectivity index (χ0v) is 20.9. The van der Waals surface area contributed by atoms with Crippen LogP contribution in [0.1, 0.15) is 57.2 Å². The fourth-order valence-corrected chi connectivity index (χ4v) is 5.68. The molecule has 0 bridgehead atoms. The van der Waals surface area contributed by atoms with Crippen molar-refractivity contribution in [2.24, 2.45) is 0 Å². The minimum atomic E-state index is -3.94. The summed E-state index contributed by atoms with van der Waals surface area (Å²) in [5.74, 6) is 0.198. The van der Waals surface area contributed by atoms with Gasteiger partial charge >= 0.3 is 0 Å². The number of hydrogen-bond acceptors (Lipinski definition) is 6. The summed E-state index contributed by atoms with van der Waals surface area (Å²) in [5, 5.41) is 14.3. The summed E-state index contributed by atoms with van der Waals surface area (Å²) in [5.41, 5.74) is 0.739. The molecule has 10 heteroatoms. The number of carbonyl (C=O) groups is 1. The predicted molar refractivity (Wildman–Crippen MR) is 131 cm³/mol. The zero-order chi connectivity index (χ0) is 25.3. The molecule has 0 radical (unpaired) electrons. The monoisotopic (exact) mass is 489 g/mol. The van der Waals surface area contributed by atoms with Crippen LogP contribution in [-0.2, 0) is 14.8 Å². The van der Waals surface area contributed by atoms with Gasteiger partial charge in [0.05, 0.1) is 22.9 Å². The lowest BCUT2D eigenvalue weighted by atomic mass is 9.83. The number of nitro groups is 1. The Labute approximate surface area is 200 Å². The second-order valence-corrected chi connectivity index (χ2v) is 10.6. The Kier molecular flexibility index (Phi) is 7.21. The van der Waals surface area contributed by atoms with Gasteiger partial charge in [-0.05, 0) is 38.3 Å². The number of aryl methyl sites for hydroxylation is 1. The maximum absolute atomic E-state index is 13.4. The molecule has 9 nitrogen and oxygen atoms in total. The highest BCUT2D eigenvalue weighted by molar-refractivity contribution is 7.92. The van der Waals surface area contributed by atoms with Gasteiger partial charge in [0.1, 0.15) is 17.4 Å². The highest BCUT2D eigenvalue weighted by Crippen LogP contribution is 2.42. The summed E-state index contributed by atoms with van der Waals surface area (Å²) in [6.07, 6.45) is 3.03. The number of nitrogens with zero attached hydrogens (tertiary/aromatic N) is 2. The Balaban J connectivity index is 1.97. The molecular formula is C24H31N3O6S. The van der Waals surface area contributed by atoms with Crippen LogP contribution in [0, 0.1) is 17.0 Å². The number of ether oxygens (including phenoxy) is 1. The average Bonchev–Trinajstić information content (AvgIpc) is 2.79. The van der Waals surface area contributed by atoms with E-state index in [0.29, 0.717) is 17.7 Å². The lowest BCUT2D eigenvalue weighted by Gasteiger charge is -2.42. The lowest BCUT2D eigenvalue weighted by Crippen LogP contribution is -2.51. The molecule has 34 heavy (non-hydrogen) atoms. The molecule has 1 aliphatic rings. The highest BCUT2D eigenvalue weighted by Gasteiger charge is 2.40. The SMILES string of the molecule is CCC1(CC)C[C@@H](NC(=O)[C@@H](C)N(c2cc([N+](=O)[O-])ccc2C)S(C)(=O)=O)c2ccccc2O1. The van der Waals surface area contributed by atoms with Gasteiger partial charge in [0.2, 0.25) is 15.9 Å². The van der Waals surface area contributed by atoms with Gasteiger partial charge < -0.3 is 10.1 Å². The van der Waals surface area contributed by atoms with E-state index in [4.69, 9.17) is 4.74 Å². The number of hydrogen-bond donors (Lipinski definition) is 1. The minimum Gasteiger partial charge on any atom is -0.487 e. The van der Waals surface area contributed by atoms with Crippen molar-refractivity contribution in [3.63, 3.8) is 0 Å². The van der Waals surface area contributed by atoms with Gasteiger partial charge in [-0.3, -0.25) is 19.2 Å². The molecule has 1 amide bonds. The number of anilines is 1. The number of carbonyl (C=O) groups excluding carboxylic acids is 1. The van der Waals surface area contributed by atoms with Crippen molar-refractivity contribution < 1.29 is 22.9 Å². The second-order valence-electron chi connectivity index (χ2n) is 8.76. The summed E-state index contributed by atoms with van der Waals surface area (Å²) < 4.78 is 32.7. The van der Waals surface area contributed by atoms with Gasteiger partial charge in [0, 0.05) is 24.1 Å². The van der Waals surface area contributed by atoms with Crippen LogP contribution >= 0.6 is 0 Å². The highest BCUT2D eigenvalue weighted by atomic mass is 32.2. The third-order valence-electron chi connectivity index (χ3n) is 6.53. The van der Waals surface area contributed by atoms with Crippen molar-refractivity contribution >= 4 is 27.3 Å². The number of amides is 1. The van der Waals surface area contributed by atoms with E-state index in [-0.39, 0.29) is 17.4 Å². The molecule has 0 aromatic heterocycles. The van der Waals surface area contributed by atoms with Crippen LogP contribution in [0.5, 0.6) is 5.75 Å². The molecule has 0 fully saturated rings. The molecule has 0 saturated heterocycles. The number of rotatable bonds is 8. The molecule has 0 unspecified atom stereocenters. The van der Waals surface area contributed by atoms with Gasteiger partial charge in [-0.25, -0.2) is 8.42 Å². The minimum absolute atomic E-state index is 0.100. The van der Waals surface area contributed by atoms with E-state index in [1.54, 1.807) is 6.92 Å². The van der Waals surface area contributed by atoms with Crippen LogP contribution < -0.4 is 14.4 Å². The summed E-state index contributed by atoms with van der Waals surface area (Å²) in [6, 6.07) is 9.95. The van der Waals surface area contributed by atoms with Crippen LogP contribution in [0.15, 0.2) is 42.5 Å². The average molecular weight is 490 g/mol. The maximum atomic E-state index is 13.4. The van der Waals surface area contributed by atoms with E-state index >= 15 is 0 Å². The number of para-hydroxylation sites is 1. The molecule has 2 aromatic rings. The zero-order valence-electron chi connectivity index (χ0n) is 20.1. The molecule has 0 saturated carbocycles. The van der Waals surface area contributed by atoms with E-state index in [1.165, 1.54) is 25.1 Å². The predicted octanol–water partition coefficient (Wildman–Crippen LogP) is 4.26. The Morgan fingerprint density at radius 1 is 1.26 bits per heavy atom. The van der Waals surface area contributed by atoms with Gasteiger partial charge in [-0.1, -0.05) is 38.1 Å². The first kappa shape index (κ1) is 25.5. The molecular weight excluding hydrogens is 458 g/mol. The van der Waals surface area contributed by atoms with Crippen molar-refractivity contribution in [1.82, 2.24) is 5.32 Å². The fraction of sp³-hybridized carbons (Fsp3) is 0.458. The second kappa shape index (κ2) is 9.61. The molecule has 3 rings (SSSR count). The normalized spacial score (nSPS) is 17.7. The van der Waals surface area contributed by atoms with Gasteiger partial charge in [-0.2, -0.15) is 0 Å². The van der Waals surface area contributed by atoms with Crippen LogP contribution in [0.3, 0.4) is 0 Å². The van der Waals surface area contributed by atoms with Crippen molar-refractivity contribution in [2.45, 2.75) is 64.6 Å². The van der Waals surface area contributed by atoms with E-state index in [1.807, 2.05) is 38.1 Å². The quantitative estimate of drug-likeness (QED) is 0.437. The van der Waals surface area contributed by atoms with E-state index in [9.17, 15) is 23.3 Å².